The van der Waals surface area contributed by atoms with E-state index in [1.165, 1.54) is 64.2 Å². The van der Waals surface area contributed by atoms with Crippen LogP contribution in [0.2, 0.25) is 0 Å². The number of nitrogens with one attached hydrogen (secondary N) is 1. The number of carbonyl (C=O) groups excluding carboxylic acids is 1. The van der Waals surface area contributed by atoms with E-state index in [0.717, 1.165) is 62.4 Å². The smallest absolute Gasteiger partial charge is 0.233 e. The minimum absolute atomic E-state index is 0.149. The normalized spacial score (nSPS) is 11.4. The number of ether oxygens (including phenoxy) is 1. The van der Waals surface area contributed by atoms with Crippen LogP contribution < -0.4 is 0 Å². The van der Waals surface area contributed by atoms with Crippen LogP contribution in [0.25, 0.3) is 0 Å². The molecule has 1 N–H and O–H groups in total. The van der Waals surface area contributed by atoms with Crippen molar-refractivity contribution in [3.63, 3.8) is 0 Å². The number of hydrogen-bond donors (Lipinski definition) is 2. The molecule has 0 amide bonds. The summed E-state index contributed by atoms with van der Waals surface area (Å²) in [5.41, 5.74) is 1.63. The molecular weight excluding hydrogens is 548 g/mol. The molecule has 0 spiro atoms. The van der Waals surface area contributed by atoms with Crippen LogP contribution in [0.1, 0.15) is 199 Å². The van der Waals surface area contributed by atoms with Crippen LogP contribution in [0.15, 0.2) is 16.0 Å². The average Bonchev–Trinajstić information content (AvgIpc) is 3.02. The summed E-state index contributed by atoms with van der Waals surface area (Å²) >= 11 is 3.98. The third-order valence-electron chi connectivity index (χ3n) is 7.09. The molecule has 260 valence electrons. The van der Waals surface area contributed by atoms with Gasteiger partial charge in [-0.15, -0.1) is 0 Å². The van der Waals surface area contributed by atoms with Crippen LogP contribution in [0.5, 0.6) is 0 Å². The first-order valence-electron chi connectivity index (χ1n) is 18.3. The lowest BCUT2D eigenvalue weighted by Gasteiger charge is -2.11. The van der Waals surface area contributed by atoms with Crippen molar-refractivity contribution in [2.45, 2.75) is 199 Å². The molecule has 4 nitrogen and oxygen atoms in total. The number of unbranched alkanes of at least 4 members (excludes halogenated alkanes) is 11. The number of allylic oxidation sites excluding steroid dienone is 1. The van der Waals surface area contributed by atoms with Gasteiger partial charge in [0.05, 0.1) is 6.61 Å². The first-order chi connectivity index (χ1) is 20.7. The van der Waals surface area contributed by atoms with Crippen molar-refractivity contribution < 1.29 is 9.53 Å². The number of Topliss-reactive ketones (excluding diaryl/α,β-unsaturated/α-hetero) is 1. The Morgan fingerprint density at radius 1 is 0.767 bits per heavy atom. The van der Waals surface area contributed by atoms with Crippen LogP contribution in [0.4, 0.5) is 0 Å². The minimum atomic E-state index is 0.149. The van der Waals surface area contributed by atoms with Crippen LogP contribution >= 0.6 is 12.8 Å². The molecule has 0 rings (SSSR count). The van der Waals surface area contributed by atoms with Gasteiger partial charge in [-0.05, 0) is 62.8 Å². The lowest BCUT2D eigenvalue weighted by molar-refractivity contribution is -0.117. The molecule has 5 heteroatoms. The molecule has 0 heterocycles. The molecule has 0 radical (unpaired) electrons. The highest BCUT2D eigenvalue weighted by molar-refractivity contribution is 7.79. The second-order valence-electron chi connectivity index (χ2n) is 11.1. The van der Waals surface area contributed by atoms with E-state index in [9.17, 15) is 4.79 Å². The molecule has 0 aliphatic carbocycles. The van der Waals surface area contributed by atoms with Gasteiger partial charge < -0.3 is 9.53 Å². The summed E-state index contributed by atoms with van der Waals surface area (Å²) in [6, 6.07) is 0. The third-order valence-corrected chi connectivity index (χ3v) is 7.29. The van der Waals surface area contributed by atoms with E-state index in [-0.39, 0.29) is 5.90 Å². The number of thiol groups is 1. The van der Waals surface area contributed by atoms with E-state index in [1.807, 2.05) is 27.7 Å². The summed E-state index contributed by atoms with van der Waals surface area (Å²) in [6.07, 6.45) is 22.3. The molecule has 0 saturated carbocycles. The fraction of sp³-hybridized carbons (Fsp3) is 0.868. The molecule has 0 aliphatic heterocycles. The zero-order valence-electron chi connectivity index (χ0n) is 31.7. The van der Waals surface area contributed by atoms with E-state index in [2.05, 4.69) is 78.7 Å². The van der Waals surface area contributed by atoms with Crippen molar-refractivity contribution in [3.8, 4) is 0 Å². The maximum absolute atomic E-state index is 10.6. The number of nitrogens with zero attached hydrogens (tertiary/aromatic N) is 1. The number of ketones is 1. The van der Waals surface area contributed by atoms with E-state index < -0.39 is 0 Å². The largest absolute Gasteiger partial charge is 0.477 e. The summed E-state index contributed by atoms with van der Waals surface area (Å²) in [4.78, 5) is 10.6. The quantitative estimate of drug-likeness (QED) is 0.0575. The van der Waals surface area contributed by atoms with Gasteiger partial charge in [-0.3, -0.25) is 5.41 Å². The predicted octanol–water partition coefficient (Wildman–Crippen LogP) is 13.8. The molecule has 0 fully saturated rings. The molecule has 0 saturated heterocycles. The molecular formula is C38H80N2O2S. The molecule has 0 bridgehead atoms. The van der Waals surface area contributed by atoms with Crippen LogP contribution in [-0.2, 0) is 9.53 Å². The fourth-order valence-corrected chi connectivity index (χ4v) is 3.95. The molecule has 0 aliphatic rings. The lowest BCUT2D eigenvalue weighted by Crippen LogP contribution is -2.19. The molecule has 0 aromatic heterocycles. The summed E-state index contributed by atoms with van der Waals surface area (Å²) in [7, 11) is 0. The Bertz CT molecular complexity index is 615. The third kappa shape index (κ3) is 43.1. The van der Waals surface area contributed by atoms with Gasteiger partial charge in [-0.25, -0.2) is 4.40 Å². The zero-order valence-corrected chi connectivity index (χ0v) is 32.6. The van der Waals surface area contributed by atoms with E-state index in [4.69, 9.17) is 10.1 Å². The SMILES string of the molecule is CC.CC.CCC(C)C(C)C.CCC/C=C(CC)/C(=N/S)C(=N)OCCCCCC.CCCCCCCCCCC(C)=O. The summed E-state index contributed by atoms with van der Waals surface area (Å²) in [5, 5.41) is 7.95. The van der Waals surface area contributed by atoms with Gasteiger partial charge in [-0.1, -0.05) is 166 Å². The Morgan fingerprint density at radius 3 is 1.58 bits per heavy atom. The summed E-state index contributed by atoms with van der Waals surface area (Å²) in [5.74, 6) is 2.26. The van der Waals surface area contributed by atoms with Crippen molar-refractivity contribution >= 4 is 30.2 Å². The number of hydrogen-bond acceptors (Lipinski definition) is 5. The molecule has 1 atom stereocenters. The van der Waals surface area contributed by atoms with Gasteiger partial charge in [0, 0.05) is 6.42 Å². The maximum atomic E-state index is 10.6. The van der Waals surface area contributed by atoms with E-state index in [1.54, 1.807) is 6.92 Å². The van der Waals surface area contributed by atoms with Crippen molar-refractivity contribution in [1.29, 1.82) is 5.41 Å². The first-order valence-corrected chi connectivity index (χ1v) is 18.7. The monoisotopic (exact) mass is 629 g/mol. The second-order valence-corrected chi connectivity index (χ2v) is 11.3. The summed E-state index contributed by atoms with van der Waals surface area (Å²) < 4.78 is 9.39. The fourth-order valence-electron chi connectivity index (χ4n) is 3.73. The molecule has 0 aromatic rings. The Hall–Kier alpha value is -1.10. The minimum Gasteiger partial charge on any atom is -0.477 e. The number of rotatable bonds is 21. The van der Waals surface area contributed by atoms with Gasteiger partial charge in [0.2, 0.25) is 5.90 Å². The standard InChI is InChI=1S/C15H28N2OS.C12H24O.C7H16.2C2H6/c1-4-7-9-10-12-18-15(16)14(17-19)13(6-3)11-8-5-2;1-3-4-5-6-7-8-9-10-11-12(2)13;1-5-7(4)6(2)3;2*1-2/h11,16,19H,4-10,12H2,1-3H3;3-11H2,1-2H3;6-7H,5H2,1-4H3;2*1-2H3/b13-11+,16-15?,17-14-;;;;. The van der Waals surface area contributed by atoms with Crippen LogP contribution in [-0.4, -0.2) is 24.0 Å². The summed E-state index contributed by atoms with van der Waals surface area (Å²) in [6.45, 7) is 28.0. The van der Waals surface area contributed by atoms with Gasteiger partial charge in [0.15, 0.2) is 0 Å². The molecule has 0 aromatic carbocycles. The van der Waals surface area contributed by atoms with Gasteiger partial charge in [0.25, 0.3) is 0 Å². The van der Waals surface area contributed by atoms with Gasteiger partial charge in [0.1, 0.15) is 11.5 Å². The van der Waals surface area contributed by atoms with Crippen molar-refractivity contribution in [1.82, 2.24) is 0 Å². The van der Waals surface area contributed by atoms with E-state index in [0.29, 0.717) is 18.1 Å². The highest BCUT2D eigenvalue weighted by Crippen LogP contribution is 2.12. The van der Waals surface area contributed by atoms with E-state index >= 15 is 0 Å². The van der Waals surface area contributed by atoms with Crippen LogP contribution in [0.3, 0.4) is 0 Å². The maximum Gasteiger partial charge on any atom is 0.233 e. The molecule has 43 heavy (non-hydrogen) atoms. The highest BCUT2D eigenvalue weighted by atomic mass is 32.1. The van der Waals surface area contributed by atoms with Crippen molar-refractivity contribution in [2.24, 2.45) is 16.2 Å². The first kappa shape index (κ1) is 51.5. The second kappa shape index (κ2) is 45.3. The topological polar surface area (TPSA) is 62.5 Å². The van der Waals surface area contributed by atoms with Crippen molar-refractivity contribution in [3.05, 3.63) is 11.6 Å². The lowest BCUT2D eigenvalue weighted by atomic mass is 9.96. The average molecular weight is 629 g/mol. The highest BCUT2D eigenvalue weighted by Gasteiger charge is 2.12. The Morgan fingerprint density at radius 2 is 1.23 bits per heavy atom. The van der Waals surface area contributed by atoms with Crippen molar-refractivity contribution in [2.75, 3.05) is 6.61 Å². The van der Waals surface area contributed by atoms with Gasteiger partial charge in [-0.2, -0.15) is 0 Å². The zero-order chi connectivity index (χ0) is 34.3. The Kier molecular flexibility index (Phi) is 54.3. The Labute approximate surface area is 278 Å². The molecule has 1 unspecified atom stereocenters. The van der Waals surface area contributed by atoms with Gasteiger partial charge >= 0.3 is 0 Å². The predicted molar refractivity (Wildman–Crippen MR) is 202 cm³/mol. The number of carbonyl (C=O) groups is 1. The Balaban J connectivity index is -0.000000173. The van der Waals surface area contributed by atoms with Crippen LogP contribution in [0, 0.1) is 17.2 Å².